The van der Waals surface area contributed by atoms with E-state index in [1.807, 2.05) is 55.1 Å². The summed E-state index contributed by atoms with van der Waals surface area (Å²) in [4.78, 5) is 14.2. The van der Waals surface area contributed by atoms with Crippen LogP contribution in [0.25, 0.3) is 5.69 Å². The number of quaternary nitrogens is 1. The highest BCUT2D eigenvalue weighted by atomic mass is 16.1. The van der Waals surface area contributed by atoms with Gasteiger partial charge >= 0.3 is 0 Å². The van der Waals surface area contributed by atoms with Crippen molar-refractivity contribution in [3.63, 3.8) is 0 Å². The van der Waals surface area contributed by atoms with Gasteiger partial charge in [-0.1, -0.05) is 48.5 Å². The fraction of sp³-hybridized carbons (Fsp3) is 0.250. The lowest BCUT2D eigenvalue weighted by molar-refractivity contribution is -0.907. The quantitative estimate of drug-likeness (QED) is 0.762. The van der Waals surface area contributed by atoms with Gasteiger partial charge in [-0.05, 0) is 19.1 Å². The van der Waals surface area contributed by atoms with Crippen LogP contribution in [-0.2, 0) is 20.1 Å². The lowest BCUT2D eigenvalue weighted by Gasteiger charge is -2.13. The number of aromatic nitrogens is 2. The second-order valence-corrected chi connectivity index (χ2v) is 6.34. The molecule has 0 amide bonds. The molecule has 1 N–H and O–H groups in total. The molecule has 4 nitrogen and oxygen atoms in total. The van der Waals surface area contributed by atoms with Crippen molar-refractivity contribution in [2.24, 2.45) is 7.05 Å². The summed E-state index contributed by atoms with van der Waals surface area (Å²) in [7, 11) is 4.07. The normalized spacial score (nSPS) is 12.3. The Kier molecular flexibility index (Phi) is 4.67. The Labute approximate surface area is 142 Å². The minimum atomic E-state index is 0.0774. The first-order chi connectivity index (χ1) is 11.6. The van der Waals surface area contributed by atoms with Gasteiger partial charge in [0.15, 0.2) is 0 Å². The van der Waals surface area contributed by atoms with E-state index in [1.165, 1.54) is 10.5 Å². The van der Waals surface area contributed by atoms with Crippen LogP contribution >= 0.6 is 0 Å². The molecular weight excluding hydrogens is 298 g/mol. The van der Waals surface area contributed by atoms with Gasteiger partial charge in [-0.3, -0.25) is 9.48 Å². The van der Waals surface area contributed by atoms with E-state index in [2.05, 4.69) is 31.3 Å². The maximum Gasteiger partial charge on any atom is 0.280 e. The second kappa shape index (κ2) is 6.89. The van der Waals surface area contributed by atoms with Crippen LogP contribution in [0.15, 0.2) is 65.5 Å². The van der Waals surface area contributed by atoms with Crippen molar-refractivity contribution in [3.05, 3.63) is 87.8 Å². The zero-order chi connectivity index (χ0) is 17.1. The monoisotopic (exact) mass is 322 g/mol. The van der Waals surface area contributed by atoms with Gasteiger partial charge in [0, 0.05) is 18.3 Å². The van der Waals surface area contributed by atoms with Crippen LogP contribution in [-0.4, -0.2) is 16.4 Å². The first-order valence-corrected chi connectivity index (χ1v) is 8.26. The molecule has 0 saturated heterocycles. The highest BCUT2D eigenvalue weighted by Crippen LogP contribution is 2.09. The first kappa shape index (κ1) is 16.3. The molecule has 2 aromatic carbocycles. The Balaban J connectivity index is 1.88. The highest BCUT2D eigenvalue weighted by molar-refractivity contribution is 5.33. The highest BCUT2D eigenvalue weighted by Gasteiger charge is 2.19. The van der Waals surface area contributed by atoms with E-state index < -0.39 is 0 Å². The van der Waals surface area contributed by atoms with Crippen LogP contribution in [0.3, 0.4) is 0 Å². The Bertz CT molecular complexity index is 863. The number of para-hydroxylation sites is 1. The average molecular weight is 322 g/mol. The van der Waals surface area contributed by atoms with Crippen LogP contribution in [0.1, 0.15) is 16.8 Å². The molecule has 24 heavy (non-hydrogen) atoms. The second-order valence-electron chi connectivity index (χ2n) is 6.34. The largest absolute Gasteiger partial charge is 0.330 e. The van der Waals surface area contributed by atoms with Crippen molar-refractivity contribution >= 4 is 0 Å². The molecule has 1 aromatic heterocycles. The summed E-state index contributed by atoms with van der Waals surface area (Å²) in [6, 6.07) is 20.2. The van der Waals surface area contributed by atoms with E-state index in [4.69, 9.17) is 0 Å². The summed E-state index contributed by atoms with van der Waals surface area (Å²) < 4.78 is 3.70. The smallest absolute Gasteiger partial charge is 0.280 e. The summed E-state index contributed by atoms with van der Waals surface area (Å²) >= 11 is 0. The molecule has 3 aromatic rings. The molecule has 4 heteroatoms. The third kappa shape index (κ3) is 3.19. The van der Waals surface area contributed by atoms with Crippen molar-refractivity contribution in [2.75, 3.05) is 7.05 Å². The Morgan fingerprint density at radius 2 is 1.50 bits per heavy atom. The van der Waals surface area contributed by atoms with Crippen LogP contribution in [0.5, 0.6) is 0 Å². The maximum absolute atomic E-state index is 12.9. The molecule has 0 fully saturated rings. The number of nitrogens with one attached hydrogen (secondary N) is 1. The molecule has 0 aliphatic carbocycles. The van der Waals surface area contributed by atoms with Crippen LogP contribution in [0.4, 0.5) is 0 Å². The van der Waals surface area contributed by atoms with Gasteiger partial charge in [-0.15, -0.1) is 0 Å². The zero-order valence-electron chi connectivity index (χ0n) is 14.5. The fourth-order valence-corrected chi connectivity index (χ4v) is 3.14. The molecule has 0 spiro atoms. The topological polar surface area (TPSA) is 31.4 Å². The van der Waals surface area contributed by atoms with E-state index in [0.717, 1.165) is 23.5 Å². The summed E-state index contributed by atoms with van der Waals surface area (Å²) in [5.41, 5.74) is 4.17. The SMILES string of the molecule is Cc1c(C[NH+](C)Cc2ccccc2)c(=O)n(-c2ccccc2)n1C. The fourth-order valence-electron chi connectivity index (χ4n) is 3.14. The molecule has 3 rings (SSSR count). The van der Waals surface area contributed by atoms with E-state index >= 15 is 0 Å². The molecule has 0 aliphatic heterocycles. The van der Waals surface area contributed by atoms with Crippen molar-refractivity contribution in [1.29, 1.82) is 0 Å². The molecule has 1 unspecified atom stereocenters. The Morgan fingerprint density at radius 1 is 0.917 bits per heavy atom. The minimum absolute atomic E-state index is 0.0774. The van der Waals surface area contributed by atoms with Crippen LogP contribution < -0.4 is 10.5 Å². The van der Waals surface area contributed by atoms with Crippen molar-refractivity contribution in [1.82, 2.24) is 9.36 Å². The predicted octanol–water partition coefficient (Wildman–Crippen LogP) is 1.70. The van der Waals surface area contributed by atoms with Gasteiger partial charge in [0.25, 0.3) is 5.56 Å². The van der Waals surface area contributed by atoms with Gasteiger partial charge in [0.05, 0.1) is 18.3 Å². The first-order valence-electron chi connectivity index (χ1n) is 8.26. The lowest BCUT2D eigenvalue weighted by Crippen LogP contribution is -3.06. The van der Waals surface area contributed by atoms with Gasteiger partial charge < -0.3 is 4.90 Å². The molecule has 1 atom stereocenters. The molecule has 1 heterocycles. The van der Waals surface area contributed by atoms with Crippen LogP contribution in [0.2, 0.25) is 0 Å². The molecule has 0 radical (unpaired) electrons. The number of nitrogens with zero attached hydrogens (tertiary/aromatic N) is 2. The molecule has 124 valence electrons. The third-order valence-corrected chi connectivity index (χ3v) is 4.50. The van der Waals surface area contributed by atoms with Gasteiger partial charge in [0.1, 0.15) is 13.1 Å². The van der Waals surface area contributed by atoms with E-state index in [1.54, 1.807) is 4.68 Å². The summed E-state index contributed by atoms with van der Waals surface area (Å²) in [5.74, 6) is 0. The van der Waals surface area contributed by atoms with E-state index in [-0.39, 0.29) is 5.56 Å². The Hall–Kier alpha value is -2.59. The average Bonchev–Trinajstić information content (AvgIpc) is 2.80. The third-order valence-electron chi connectivity index (χ3n) is 4.50. The summed E-state index contributed by atoms with van der Waals surface area (Å²) in [6.45, 7) is 3.64. The lowest BCUT2D eigenvalue weighted by atomic mass is 10.2. The predicted molar refractivity (Wildman–Crippen MR) is 96.5 cm³/mol. The number of rotatable bonds is 5. The molecule has 0 aliphatic rings. The van der Waals surface area contributed by atoms with Crippen molar-refractivity contribution in [2.45, 2.75) is 20.0 Å². The zero-order valence-corrected chi connectivity index (χ0v) is 14.5. The summed E-state index contributed by atoms with van der Waals surface area (Å²) in [6.07, 6.45) is 0. The van der Waals surface area contributed by atoms with Crippen LogP contribution in [0, 0.1) is 6.92 Å². The standard InChI is InChI=1S/C20H23N3O/c1-16-19(15-21(2)14-17-10-6-4-7-11-17)20(24)23(22(16)3)18-12-8-5-9-13-18/h4-13H,14-15H2,1-3H3/p+1. The number of hydrogen-bond donors (Lipinski definition) is 1. The molecule has 0 bridgehead atoms. The minimum Gasteiger partial charge on any atom is -0.330 e. The van der Waals surface area contributed by atoms with E-state index in [0.29, 0.717) is 6.54 Å². The van der Waals surface area contributed by atoms with Gasteiger partial charge in [-0.25, -0.2) is 4.68 Å². The molecule has 0 saturated carbocycles. The van der Waals surface area contributed by atoms with Gasteiger partial charge in [0.2, 0.25) is 0 Å². The summed E-state index contributed by atoms with van der Waals surface area (Å²) in [5, 5.41) is 0. The maximum atomic E-state index is 12.9. The van der Waals surface area contributed by atoms with Gasteiger partial charge in [-0.2, -0.15) is 0 Å². The number of benzene rings is 2. The number of hydrogen-bond acceptors (Lipinski definition) is 1. The van der Waals surface area contributed by atoms with Crippen molar-refractivity contribution < 1.29 is 4.90 Å². The Morgan fingerprint density at radius 3 is 2.12 bits per heavy atom. The van der Waals surface area contributed by atoms with E-state index in [9.17, 15) is 4.79 Å². The van der Waals surface area contributed by atoms with Crippen molar-refractivity contribution in [3.8, 4) is 5.69 Å². The molecular formula is C20H24N3O+.